The van der Waals surface area contributed by atoms with Gasteiger partial charge < -0.3 is 4.90 Å². The predicted molar refractivity (Wildman–Crippen MR) is 101 cm³/mol. The van der Waals surface area contributed by atoms with Crippen LogP contribution in [-0.2, 0) is 6.54 Å². The molecule has 144 valence electrons. The molecule has 0 unspecified atom stereocenters. The van der Waals surface area contributed by atoms with Crippen molar-refractivity contribution in [3.05, 3.63) is 71.6 Å². The Balaban J connectivity index is 1.39. The molecule has 4 rings (SSSR count). The fourth-order valence-corrected chi connectivity index (χ4v) is 3.35. The number of piperazine rings is 1. The average Bonchev–Trinajstić information content (AvgIpc) is 3.19. The summed E-state index contributed by atoms with van der Waals surface area (Å²) in [7, 11) is 0. The number of rotatable bonds is 4. The lowest BCUT2D eigenvalue weighted by Crippen LogP contribution is -2.48. The fraction of sp³-hybridized carbons (Fsp3) is 0.300. The molecule has 0 N–H and O–H groups in total. The summed E-state index contributed by atoms with van der Waals surface area (Å²) >= 11 is 0. The molecule has 3 heterocycles. The summed E-state index contributed by atoms with van der Waals surface area (Å²) in [5.74, 6) is -0.440. The standard InChI is InChI=1S/C20H21FN6O/c1-15-12-16(21)5-6-19(15)27-14-18(23-24-27)20(28)26-10-8-25(9-11-26)13-17-4-2-3-7-22-17/h2-7,12,14H,8-11,13H2,1H3. The molecule has 0 aliphatic carbocycles. The van der Waals surface area contributed by atoms with Crippen LogP contribution in [0.1, 0.15) is 21.7 Å². The van der Waals surface area contributed by atoms with Gasteiger partial charge in [0, 0.05) is 38.9 Å². The molecule has 0 atom stereocenters. The lowest BCUT2D eigenvalue weighted by molar-refractivity contribution is 0.0621. The quantitative estimate of drug-likeness (QED) is 0.693. The van der Waals surface area contributed by atoms with Gasteiger partial charge >= 0.3 is 0 Å². The van der Waals surface area contributed by atoms with Gasteiger partial charge in [-0.1, -0.05) is 11.3 Å². The van der Waals surface area contributed by atoms with Crippen LogP contribution in [0, 0.1) is 12.7 Å². The molecule has 0 bridgehead atoms. The maximum absolute atomic E-state index is 13.3. The van der Waals surface area contributed by atoms with Crippen molar-refractivity contribution in [3.63, 3.8) is 0 Å². The van der Waals surface area contributed by atoms with Crippen LogP contribution in [-0.4, -0.2) is 61.9 Å². The maximum atomic E-state index is 13.3. The van der Waals surface area contributed by atoms with E-state index < -0.39 is 0 Å². The molecule has 1 fully saturated rings. The lowest BCUT2D eigenvalue weighted by Gasteiger charge is -2.34. The Morgan fingerprint density at radius 3 is 2.68 bits per heavy atom. The van der Waals surface area contributed by atoms with Crippen LogP contribution >= 0.6 is 0 Å². The molecule has 8 heteroatoms. The van der Waals surface area contributed by atoms with Crippen molar-refractivity contribution in [1.29, 1.82) is 0 Å². The topological polar surface area (TPSA) is 67.2 Å². The second-order valence-corrected chi connectivity index (χ2v) is 6.87. The van der Waals surface area contributed by atoms with Crippen LogP contribution in [0.15, 0.2) is 48.8 Å². The average molecular weight is 380 g/mol. The van der Waals surface area contributed by atoms with Crippen LogP contribution in [0.4, 0.5) is 4.39 Å². The zero-order valence-corrected chi connectivity index (χ0v) is 15.6. The number of pyridine rings is 1. The summed E-state index contributed by atoms with van der Waals surface area (Å²) < 4.78 is 14.8. The zero-order valence-electron chi connectivity index (χ0n) is 15.6. The van der Waals surface area contributed by atoms with E-state index in [2.05, 4.69) is 20.2 Å². The second kappa shape index (κ2) is 7.85. The third-order valence-corrected chi connectivity index (χ3v) is 4.89. The lowest BCUT2D eigenvalue weighted by atomic mass is 10.2. The van der Waals surface area contributed by atoms with Gasteiger partial charge in [0.1, 0.15) is 5.82 Å². The third kappa shape index (κ3) is 3.91. The Hall–Kier alpha value is -3.13. The summed E-state index contributed by atoms with van der Waals surface area (Å²) in [4.78, 5) is 21.2. The molecule has 2 aromatic heterocycles. The Kier molecular flexibility index (Phi) is 5.12. The first-order valence-electron chi connectivity index (χ1n) is 9.20. The molecular weight excluding hydrogens is 359 g/mol. The molecule has 1 saturated heterocycles. The van der Waals surface area contributed by atoms with Gasteiger partial charge in [-0.2, -0.15) is 0 Å². The molecule has 3 aromatic rings. The first-order chi connectivity index (χ1) is 13.6. The van der Waals surface area contributed by atoms with Crippen molar-refractivity contribution in [3.8, 4) is 5.69 Å². The minimum Gasteiger partial charge on any atom is -0.335 e. The van der Waals surface area contributed by atoms with E-state index in [9.17, 15) is 9.18 Å². The van der Waals surface area contributed by atoms with Crippen LogP contribution in [0.25, 0.3) is 5.69 Å². The van der Waals surface area contributed by atoms with E-state index in [4.69, 9.17) is 0 Å². The van der Waals surface area contributed by atoms with Crippen LogP contribution < -0.4 is 0 Å². The highest BCUT2D eigenvalue weighted by molar-refractivity contribution is 5.92. The van der Waals surface area contributed by atoms with E-state index in [1.165, 1.54) is 16.8 Å². The van der Waals surface area contributed by atoms with Crippen molar-refractivity contribution in [1.82, 2.24) is 29.8 Å². The molecule has 0 spiro atoms. The summed E-state index contributed by atoms with van der Waals surface area (Å²) in [6, 6.07) is 10.3. The minimum atomic E-state index is -0.304. The molecule has 1 aromatic carbocycles. The Morgan fingerprint density at radius 1 is 1.14 bits per heavy atom. The van der Waals surface area contributed by atoms with Crippen molar-refractivity contribution in [2.24, 2.45) is 0 Å². The molecule has 1 aliphatic heterocycles. The van der Waals surface area contributed by atoms with Crippen molar-refractivity contribution < 1.29 is 9.18 Å². The number of hydrogen-bond acceptors (Lipinski definition) is 5. The number of aromatic nitrogens is 4. The molecular formula is C20H21FN6O. The van der Waals surface area contributed by atoms with E-state index in [0.29, 0.717) is 24.5 Å². The molecule has 7 nitrogen and oxygen atoms in total. The number of benzene rings is 1. The highest BCUT2D eigenvalue weighted by Crippen LogP contribution is 2.15. The first kappa shape index (κ1) is 18.2. The number of halogens is 1. The van der Waals surface area contributed by atoms with Gasteiger partial charge in [0.15, 0.2) is 5.69 Å². The van der Waals surface area contributed by atoms with Gasteiger partial charge in [0.25, 0.3) is 5.91 Å². The van der Waals surface area contributed by atoms with Crippen LogP contribution in [0.5, 0.6) is 0 Å². The van der Waals surface area contributed by atoms with Gasteiger partial charge in [0.2, 0.25) is 0 Å². The monoisotopic (exact) mass is 380 g/mol. The third-order valence-electron chi connectivity index (χ3n) is 4.89. The van der Waals surface area contributed by atoms with Gasteiger partial charge in [-0.3, -0.25) is 14.7 Å². The summed E-state index contributed by atoms with van der Waals surface area (Å²) in [6.07, 6.45) is 3.39. The van der Waals surface area contributed by atoms with Gasteiger partial charge in [-0.05, 0) is 42.8 Å². The zero-order chi connectivity index (χ0) is 19.5. The normalized spacial score (nSPS) is 15.0. The molecule has 1 aliphatic rings. The second-order valence-electron chi connectivity index (χ2n) is 6.87. The summed E-state index contributed by atoms with van der Waals surface area (Å²) in [6.45, 7) is 5.41. The van der Waals surface area contributed by atoms with E-state index in [0.717, 1.165) is 30.9 Å². The van der Waals surface area contributed by atoms with Crippen molar-refractivity contribution >= 4 is 5.91 Å². The highest BCUT2D eigenvalue weighted by Gasteiger charge is 2.24. The Bertz CT molecular complexity index is 966. The van der Waals surface area contributed by atoms with Crippen molar-refractivity contribution in [2.75, 3.05) is 26.2 Å². The van der Waals surface area contributed by atoms with E-state index in [-0.39, 0.29) is 11.7 Å². The first-order valence-corrected chi connectivity index (χ1v) is 9.20. The number of aryl methyl sites for hydroxylation is 1. The number of amides is 1. The number of nitrogens with zero attached hydrogens (tertiary/aromatic N) is 6. The van der Waals surface area contributed by atoms with Gasteiger partial charge in [0.05, 0.1) is 17.6 Å². The smallest absolute Gasteiger partial charge is 0.276 e. The fourth-order valence-electron chi connectivity index (χ4n) is 3.35. The Morgan fingerprint density at radius 2 is 1.96 bits per heavy atom. The van der Waals surface area contributed by atoms with Gasteiger partial charge in [-0.25, -0.2) is 9.07 Å². The molecule has 0 saturated carbocycles. The van der Waals surface area contributed by atoms with Crippen LogP contribution in [0.2, 0.25) is 0 Å². The SMILES string of the molecule is Cc1cc(F)ccc1-n1cc(C(=O)N2CCN(Cc3ccccn3)CC2)nn1. The van der Waals surface area contributed by atoms with E-state index >= 15 is 0 Å². The van der Waals surface area contributed by atoms with Crippen LogP contribution in [0.3, 0.4) is 0 Å². The number of hydrogen-bond donors (Lipinski definition) is 0. The Labute approximate surface area is 162 Å². The van der Waals surface area contributed by atoms with Crippen molar-refractivity contribution in [2.45, 2.75) is 13.5 Å². The van der Waals surface area contributed by atoms with E-state index in [1.54, 1.807) is 30.3 Å². The van der Waals surface area contributed by atoms with E-state index in [1.807, 2.05) is 18.2 Å². The molecule has 0 radical (unpaired) electrons. The minimum absolute atomic E-state index is 0.136. The largest absolute Gasteiger partial charge is 0.335 e. The predicted octanol–water partition coefficient (Wildman–Crippen LogP) is 2.07. The maximum Gasteiger partial charge on any atom is 0.276 e. The number of carbonyl (C=O) groups excluding carboxylic acids is 1. The molecule has 28 heavy (non-hydrogen) atoms. The highest BCUT2D eigenvalue weighted by atomic mass is 19.1. The van der Waals surface area contributed by atoms with Gasteiger partial charge in [-0.15, -0.1) is 5.10 Å². The molecule has 1 amide bonds. The summed E-state index contributed by atoms with van der Waals surface area (Å²) in [5.41, 5.74) is 2.75. The summed E-state index contributed by atoms with van der Waals surface area (Å²) in [5, 5.41) is 8.06. The number of carbonyl (C=O) groups is 1.